The highest BCUT2D eigenvalue weighted by Gasteiger charge is 2.19. The van der Waals surface area contributed by atoms with E-state index in [0.29, 0.717) is 6.61 Å². The van der Waals surface area contributed by atoms with Gasteiger partial charge in [-0.3, -0.25) is 10.1 Å². The lowest BCUT2D eigenvalue weighted by atomic mass is 10.1. The van der Waals surface area contributed by atoms with E-state index in [2.05, 4.69) is 84.7 Å². The number of ether oxygens (including phenoxy) is 1. The fourth-order valence-electron chi connectivity index (χ4n) is 4.48. The zero-order valence-electron chi connectivity index (χ0n) is 21.8. The van der Waals surface area contributed by atoms with Gasteiger partial charge in [0.05, 0.1) is 10.3 Å². The molecular formula is C31H29N5OS2. The Morgan fingerprint density at radius 2 is 1.77 bits per heavy atom. The standard InChI is InChI=1S/C31H29N5OS2/c1-21-14-16-36(20-21)35-30-27-22(2)28(39-31(27)34-29(33-30)26-9-6-18-38-26)24-10-12-25(13-11-24)37-17-15-32-19-23-7-4-3-5-8-23/h3-14,16,18,20,32H,15,17,19H2,1-2H3,(H,33,34,35). The summed E-state index contributed by atoms with van der Waals surface area (Å²) in [7, 11) is 0. The molecule has 0 atom stereocenters. The molecule has 6 nitrogen and oxygen atoms in total. The van der Waals surface area contributed by atoms with Gasteiger partial charge in [-0.2, -0.15) is 0 Å². The van der Waals surface area contributed by atoms with Crippen LogP contribution in [-0.4, -0.2) is 27.8 Å². The van der Waals surface area contributed by atoms with Crippen LogP contribution in [0.4, 0.5) is 5.82 Å². The van der Waals surface area contributed by atoms with E-state index in [1.165, 1.54) is 16.0 Å². The minimum atomic E-state index is 0.614. The lowest BCUT2D eigenvalue weighted by molar-refractivity contribution is 0.313. The van der Waals surface area contributed by atoms with Gasteiger partial charge in [-0.1, -0.05) is 36.4 Å². The maximum atomic E-state index is 5.98. The van der Waals surface area contributed by atoms with Gasteiger partial charge in [-0.25, -0.2) is 9.97 Å². The van der Waals surface area contributed by atoms with Gasteiger partial charge in [0.25, 0.3) is 0 Å². The Bertz CT molecular complexity index is 1670. The third kappa shape index (κ3) is 5.73. The maximum absolute atomic E-state index is 5.98. The number of hydrogen-bond acceptors (Lipinski definition) is 7. The molecule has 2 aromatic carbocycles. The summed E-state index contributed by atoms with van der Waals surface area (Å²) >= 11 is 3.35. The monoisotopic (exact) mass is 551 g/mol. The van der Waals surface area contributed by atoms with Crippen molar-refractivity contribution in [2.45, 2.75) is 20.4 Å². The van der Waals surface area contributed by atoms with Crippen molar-refractivity contribution in [1.29, 1.82) is 0 Å². The molecule has 0 fully saturated rings. The van der Waals surface area contributed by atoms with Gasteiger partial charge in [-0.05, 0) is 77.9 Å². The molecule has 0 radical (unpaired) electrons. The predicted molar refractivity (Wildman–Crippen MR) is 163 cm³/mol. The van der Waals surface area contributed by atoms with Crippen LogP contribution in [0.15, 0.2) is 90.6 Å². The van der Waals surface area contributed by atoms with Crippen LogP contribution in [0, 0.1) is 13.8 Å². The largest absolute Gasteiger partial charge is 0.492 e. The zero-order chi connectivity index (χ0) is 26.6. The number of nitrogens with one attached hydrogen (secondary N) is 2. The van der Waals surface area contributed by atoms with E-state index in [-0.39, 0.29) is 0 Å². The average Bonchev–Trinajstić information content (AvgIpc) is 3.71. The van der Waals surface area contributed by atoms with Gasteiger partial charge >= 0.3 is 0 Å². The minimum Gasteiger partial charge on any atom is -0.492 e. The number of fused-ring (bicyclic) bond motifs is 1. The molecular weight excluding hydrogens is 523 g/mol. The summed E-state index contributed by atoms with van der Waals surface area (Å²) in [6.45, 7) is 6.47. The van der Waals surface area contributed by atoms with Crippen LogP contribution in [-0.2, 0) is 6.54 Å². The molecule has 0 bridgehead atoms. The molecule has 0 amide bonds. The minimum absolute atomic E-state index is 0.614. The van der Waals surface area contributed by atoms with Crippen molar-refractivity contribution in [3.05, 3.63) is 107 Å². The second-order valence-corrected chi connectivity index (χ2v) is 11.3. The van der Waals surface area contributed by atoms with Gasteiger partial charge in [-0.15, -0.1) is 22.7 Å². The highest BCUT2D eigenvalue weighted by Crippen LogP contribution is 2.41. The Kier molecular flexibility index (Phi) is 7.40. The fourth-order valence-corrected chi connectivity index (χ4v) is 6.32. The second kappa shape index (κ2) is 11.4. The molecule has 2 N–H and O–H groups in total. The fraction of sp³-hybridized carbons (Fsp3) is 0.161. The van der Waals surface area contributed by atoms with Crippen LogP contribution in [0.25, 0.3) is 31.4 Å². The maximum Gasteiger partial charge on any atom is 0.173 e. The summed E-state index contributed by atoms with van der Waals surface area (Å²) in [6.07, 6.45) is 4.06. The Balaban J connectivity index is 1.21. The van der Waals surface area contributed by atoms with E-state index >= 15 is 0 Å². The van der Waals surface area contributed by atoms with Gasteiger partial charge in [0.2, 0.25) is 0 Å². The van der Waals surface area contributed by atoms with E-state index < -0.39 is 0 Å². The summed E-state index contributed by atoms with van der Waals surface area (Å²) in [5, 5.41) is 6.53. The first-order valence-electron chi connectivity index (χ1n) is 12.9. The van der Waals surface area contributed by atoms with Crippen LogP contribution in [0.1, 0.15) is 16.7 Å². The molecule has 0 spiro atoms. The summed E-state index contributed by atoms with van der Waals surface area (Å²) in [4.78, 5) is 13.1. The van der Waals surface area contributed by atoms with Crippen LogP contribution >= 0.6 is 22.7 Å². The normalized spacial score (nSPS) is 11.2. The molecule has 8 heteroatoms. The summed E-state index contributed by atoms with van der Waals surface area (Å²) in [5.74, 6) is 2.41. The second-order valence-electron chi connectivity index (χ2n) is 9.35. The highest BCUT2D eigenvalue weighted by atomic mass is 32.1. The Morgan fingerprint density at radius 3 is 2.51 bits per heavy atom. The number of aromatic nitrogens is 3. The Hall–Kier alpha value is -3.98. The predicted octanol–water partition coefficient (Wildman–Crippen LogP) is 7.55. The van der Waals surface area contributed by atoms with E-state index in [1.54, 1.807) is 22.7 Å². The molecule has 4 heterocycles. The van der Waals surface area contributed by atoms with Crippen molar-refractivity contribution in [2.24, 2.45) is 0 Å². The molecule has 4 aromatic heterocycles. The molecule has 6 aromatic rings. The van der Waals surface area contributed by atoms with Gasteiger partial charge in [0, 0.05) is 30.4 Å². The van der Waals surface area contributed by atoms with Crippen molar-refractivity contribution in [3.63, 3.8) is 0 Å². The van der Waals surface area contributed by atoms with Gasteiger partial charge < -0.3 is 10.1 Å². The first-order chi connectivity index (χ1) is 19.1. The van der Waals surface area contributed by atoms with E-state index in [9.17, 15) is 0 Å². The molecule has 0 aliphatic carbocycles. The molecule has 0 aliphatic heterocycles. The van der Waals surface area contributed by atoms with Crippen molar-refractivity contribution in [2.75, 3.05) is 18.6 Å². The third-order valence-electron chi connectivity index (χ3n) is 6.44. The highest BCUT2D eigenvalue weighted by molar-refractivity contribution is 7.22. The molecule has 0 saturated carbocycles. The molecule has 39 heavy (non-hydrogen) atoms. The first kappa shape index (κ1) is 25.3. The Morgan fingerprint density at radius 1 is 0.923 bits per heavy atom. The van der Waals surface area contributed by atoms with Crippen LogP contribution in [0.3, 0.4) is 0 Å². The molecule has 6 rings (SSSR count). The van der Waals surface area contributed by atoms with Crippen LogP contribution in [0.5, 0.6) is 5.75 Å². The number of nitrogens with zero attached hydrogens (tertiary/aromatic N) is 3. The van der Waals surface area contributed by atoms with Crippen LogP contribution < -0.4 is 15.5 Å². The summed E-state index contributed by atoms with van der Waals surface area (Å²) in [5.41, 5.74) is 8.24. The van der Waals surface area contributed by atoms with Crippen molar-refractivity contribution in [3.8, 4) is 26.9 Å². The first-order valence-corrected chi connectivity index (χ1v) is 14.6. The lowest BCUT2D eigenvalue weighted by Gasteiger charge is -2.10. The SMILES string of the molecule is Cc1ccn(Nc2nc(-c3cccs3)nc3sc(-c4ccc(OCCNCc5ccccc5)cc4)c(C)c23)c1. The summed E-state index contributed by atoms with van der Waals surface area (Å²) < 4.78 is 7.93. The topological polar surface area (TPSA) is 64.0 Å². The van der Waals surface area contributed by atoms with E-state index in [1.807, 2.05) is 35.1 Å². The number of thiophene rings is 2. The van der Waals surface area contributed by atoms with Crippen molar-refractivity contribution >= 4 is 38.7 Å². The van der Waals surface area contributed by atoms with Crippen LogP contribution in [0.2, 0.25) is 0 Å². The molecule has 196 valence electrons. The quantitative estimate of drug-likeness (QED) is 0.172. The van der Waals surface area contributed by atoms with Crippen molar-refractivity contribution < 1.29 is 4.74 Å². The smallest absolute Gasteiger partial charge is 0.173 e. The van der Waals surface area contributed by atoms with Crippen molar-refractivity contribution in [1.82, 2.24) is 20.0 Å². The summed E-state index contributed by atoms with van der Waals surface area (Å²) in [6, 6.07) is 24.9. The number of hydrogen-bond donors (Lipinski definition) is 2. The molecule has 0 aliphatic rings. The molecule has 0 unspecified atom stereocenters. The Labute approximate surface area is 235 Å². The number of rotatable bonds is 10. The molecule has 0 saturated heterocycles. The number of benzene rings is 2. The van der Waals surface area contributed by atoms with E-state index in [4.69, 9.17) is 14.7 Å². The number of anilines is 1. The zero-order valence-corrected chi connectivity index (χ0v) is 23.5. The van der Waals surface area contributed by atoms with Gasteiger partial charge in [0.1, 0.15) is 17.2 Å². The van der Waals surface area contributed by atoms with Gasteiger partial charge in [0.15, 0.2) is 11.6 Å². The average molecular weight is 552 g/mol. The number of aryl methyl sites for hydroxylation is 2. The lowest BCUT2D eigenvalue weighted by Crippen LogP contribution is -2.20. The van der Waals surface area contributed by atoms with E-state index in [0.717, 1.165) is 56.7 Å². The third-order valence-corrected chi connectivity index (χ3v) is 8.54.